The van der Waals surface area contributed by atoms with Crippen molar-refractivity contribution < 1.29 is 54.5 Å². The number of carbonyl (C=O) groups is 2. The van der Waals surface area contributed by atoms with E-state index >= 15 is 0 Å². The van der Waals surface area contributed by atoms with Gasteiger partial charge in [-0.1, -0.05) is 64.0 Å². The molecular weight excluding hydrogens is 357 g/mol. The molecule has 0 aromatic rings. The number of aliphatic hydroxyl groups is 1. The summed E-state index contributed by atoms with van der Waals surface area (Å²) < 4.78 is 0. The maximum absolute atomic E-state index is 10.3. The van der Waals surface area contributed by atoms with Crippen LogP contribution in [-0.4, -0.2) is 34.8 Å². The summed E-state index contributed by atoms with van der Waals surface area (Å²) in [6.45, 7) is 1.81. The van der Waals surface area contributed by atoms with Crippen molar-refractivity contribution in [2.45, 2.75) is 96.5 Å². The number of carboxylic acids is 2. The third kappa shape index (κ3) is 33.6. The molecule has 1 atom stereocenters. The molecule has 0 aromatic carbocycles. The summed E-state index contributed by atoms with van der Waals surface area (Å²) >= 11 is 0. The van der Waals surface area contributed by atoms with Crippen LogP contribution in [0.25, 0.3) is 0 Å². The predicted octanol–water partition coefficient (Wildman–Crippen LogP) is -0.222. The molecule has 0 rings (SSSR count). The Balaban J connectivity index is -0.000000844. The molecule has 0 spiro atoms. The zero-order valence-electron chi connectivity index (χ0n) is 17.3. The SMILES string of the molecule is CCCCCCC(O)C/C=C\CCCCCCCC(=O)O.NCC(=O)[O-].[Na+]. The molecule has 0 amide bonds. The number of carbonyl (C=O) groups excluding carboxylic acids is 1. The number of hydrogen-bond donors (Lipinski definition) is 3. The van der Waals surface area contributed by atoms with Gasteiger partial charge in [0.15, 0.2) is 0 Å². The third-order valence-electron chi connectivity index (χ3n) is 3.89. The van der Waals surface area contributed by atoms with Crippen LogP contribution in [-0.2, 0) is 9.59 Å². The number of unbranched alkanes of at least 4 members (excludes halogenated alkanes) is 8. The molecular formula is C20H38NNaO5. The average molecular weight is 396 g/mol. The van der Waals surface area contributed by atoms with Crippen LogP contribution in [0.5, 0.6) is 0 Å². The normalized spacial score (nSPS) is 11.4. The summed E-state index contributed by atoms with van der Waals surface area (Å²) in [4.78, 5) is 19.5. The standard InChI is InChI=1S/C18H34O3.C2H5NO2.Na/c1-2-3-4-11-14-17(19)15-12-9-7-5-6-8-10-13-16-18(20)21;3-1-2(4)5;/h9,12,17,19H,2-8,10-11,13-16H2,1H3,(H,20,21);1,3H2,(H,4,5);/q;;+1/p-1/b12-9-;;. The molecule has 0 fully saturated rings. The Labute approximate surface area is 186 Å². The predicted molar refractivity (Wildman–Crippen MR) is 103 cm³/mol. The molecule has 154 valence electrons. The summed E-state index contributed by atoms with van der Waals surface area (Å²) in [5.74, 6) is -1.91. The van der Waals surface area contributed by atoms with Gasteiger partial charge in [0.1, 0.15) is 0 Å². The fourth-order valence-electron chi connectivity index (χ4n) is 2.36. The van der Waals surface area contributed by atoms with Crippen LogP contribution in [0.15, 0.2) is 12.2 Å². The van der Waals surface area contributed by atoms with Gasteiger partial charge in [-0.2, -0.15) is 0 Å². The minimum absolute atomic E-state index is 0. The van der Waals surface area contributed by atoms with Crippen LogP contribution in [0.2, 0.25) is 0 Å². The van der Waals surface area contributed by atoms with Crippen molar-refractivity contribution in [1.29, 1.82) is 0 Å². The van der Waals surface area contributed by atoms with Crippen LogP contribution in [0.1, 0.15) is 90.4 Å². The second-order valence-corrected chi connectivity index (χ2v) is 6.49. The Morgan fingerprint density at radius 3 is 2.11 bits per heavy atom. The average Bonchev–Trinajstić information content (AvgIpc) is 2.60. The Morgan fingerprint density at radius 2 is 1.56 bits per heavy atom. The maximum atomic E-state index is 10.3. The van der Waals surface area contributed by atoms with Crippen molar-refractivity contribution in [2.75, 3.05) is 6.54 Å². The first kappa shape index (κ1) is 31.3. The number of carboxylic acid groups (broad SMARTS) is 2. The van der Waals surface area contributed by atoms with E-state index in [1.165, 1.54) is 25.7 Å². The van der Waals surface area contributed by atoms with E-state index in [1.54, 1.807) is 0 Å². The van der Waals surface area contributed by atoms with E-state index in [9.17, 15) is 9.90 Å². The summed E-state index contributed by atoms with van der Waals surface area (Å²) in [5, 5.41) is 27.4. The van der Waals surface area contributed by atoms with Crippen LogP contribution in [0, 0.1) is 0 Å². The molecule has 0 aliphatic heterocycles. The molecule has 4 N–H and O–H groups in total. The minimum Gasteiger partial charge on any atom is -0.549 e. The van der Waals surface area contributed by atoms with Crippen LogP contribution in [0.3, 0.4) is 0 Å². The molecule has 0 heterocycles. The van der Waals surface area contributed by atoms with Gasteiger partial charge in [0, 0.05) is 13.0 Å². The largest absolute Gasteiger partial charge is 1.00 e. The van der Waals surface area contributed by atoms with Gasteiger partial charge in [0.2, 0.25) is 0 Å². The van der Waals surface area contributed by atoms with Crippen molar-refractivity contribution in [2.24, 2.45) is 5.73 Å². The molecule has 0 aliphatic rings. The molecule has 0 saturated carbocycles. The molecule has 0 aliphatic carbocycles. The van der Waals surface area contributed by atoms with Crippen molar-refractivity contribution in [3.63, 3.8) is 0 Å². The van der Waals surface area contributed by atoms with E-state index < -0.39 is 11.9 Å². The topological polar surface area (TPSA) is 124 Å². The fourth-order valence-corrected chi connectivity index (χ4v) is 2.36. The number of aliphatic carboxylic acids is 2. The van der Waals surface area contributed by atoms with Gasteiger partial charge in [-0.3, -0.25) is 4.79 Å². The molecule has 6 nitrogen and oxygen atoms in total. The molecule has 0 saturated heterocycles. The van der Waals surface area contributed by atoms with Gasteiger partial charge in [-0.15, -0.1) is 0 Å². The second kappa shape index (κ2) is 25.6. The Morgan fingerprint density at radius 1 is 1.00 bits per heavy atom. The first-order valence-corrected chi connectivity index (χ1v) is 9.88. The number of hydrogen-bond acceptors (Lipinski definition) is 5. The maximum Gasteiger partial charge on any atom is 1.00 e. The number of nitrogens with two attached hydrogens (primary N) is 1. The number of rotatable bonds is 16. The Bertz CT molecular complexity index is 364. The molecule has 0 radical (unpaired) electrons. The van der Waals surface area contributed by atoms with E-state index in [-0.39, 0.29) is 42.2 Å². The first-order valence-electron chi connectivity index (χ1n) is 9.88. The summed E-state index contributed by atoms with van der Waals surface area (Å²) in [6.07, 6.45) is 17.4. The van der Waals surface area contributed by atoms with E-state index in [4.69, 9.17) is 15.0 Å². The zero-order valence-corrected chi connectivity index (χ0v) is 19.3. The molecule has 0 bridgehead atoms. The van der Waals surface area contributed by atoms with Crippen molar-refractivity contribution in [1.82, 2.24) is 0 Å². The number of aliphatic hydroxyl groups excluding tert-OH is 1. The number of allylic oxidation sites excluding steroid dienone is 1. The fraction of sp³-hybridized carbons (Fsp3) is 0.800. The summed E-state index contributed by atoms with van der Waals surface area (Å²) in [6, 6.07) is 0. The van der Waals surface area contributed by atoms with E-state index in [0.29, 0.717) is 6.42 Å². The van der Waals surface area contributed by atoms with Gasteiger partial charge >= 0.3 is 35.5 Å². The first-order chi connectivity index (χ1) is 12.4. The third-order valence-corrected chi connectivity index (χ3v) is 3.89. The monoisotopic (exact) mass is 395 g/mol. The van der Waals surface area contributed by atoms with Gasteiger partial charge in [0.25, 0.3) is 0 Å². The summed E-state index contributed by atoms with van der Waals surface area (Å²) in [7, 11) is 0. The quantitative estimate of drug-likeness (QED) is 0.189. The smallest absolute Gasteiger partial charge is 0.549 e. The van der Waals surface area contributed by atoms with Gasteiger partial charge in [0.05, 0.1) is 12.1 Å². The Kier molecular flexibility index (Phi) is 29.7. The molecule has 0 aromatic heterocycles. The van der Waals surface area contributed by atoms with Crippen LogP contribution in [0.4, 0.5) is 0 Å². The van der Waals surface area contributed by atoms with Gasteiger partial charge in [-0.25, -0.2) is 0 Å². The molecule has 7 heteroatoms. The summed E-state index contributed by atoms with van der Waals surface area (Å²) in [5.41, 5.74) is 4.51. The van der Waals surface area contributed by atoms with E-state index in [1.807, 2.05) is 0 Å². The van der Waals surface area contributed by atoms with Crippen LogP contribution >= 0.6 is 0 Å². The molecule has 1 unspecified atom stereocenters. The van der Waals surface area contributed by atoms with Gasteiger partial charge < -0.3 is 25.8 Å². The Hall–Kier alpha value is -0.400. The second-order valence-electron chi connectivity index (χ2n) is 6.49. The molecule has 27 heavy (non-hydrogen) atoms. The van der Waals surface area contributed by atoms with Gasteiger partial charge in [-0.05, 0) is 32.1 Å². The van der Waals surface area contributed by atoms with Crippen molar-refractivity contribution in [3.05, 3.63) is 12.2 Å². The zero-order chi connectivity index (χ0) is 20.0. The van der Waals surface area contributed by atoms with E-state index in [2.05, 4.69) is 24.8 Å². The van der Waals surface area contributed by atoms with Crippen LogP contribution < -0.4 is 40.4 Å². The minimum atomic E-state index is -1.22. The van der Waals surface area contributed by atoms with E-state index in [0.717, 1.165) is 51.4 Å². The van der Waals surface area contributed by atoms with Crippen molar-refractivity contribution >= 4 is 11.9 Å². The van der Waals surface area contributed by atoms with Crippen molar-refractivity contribution in [3.8, 4) is 0 Å².